The minimum atomic E-state index is -1.06. The first kappa shape index (κ1) is 8.61. The maximum Gasteiger partial charge on any atom is 0.222 e. The molecule has 0 aliphatic rings. The van der Waals surface area contributed by atoms with E-state index in [-0.39, 0.29) is 22.7 Å². The van der Waals surface area contributed by atoms with Crippen LogP contribution in [0.5, 0.6) is 0 Å². The van der Waals surface area contributed by atoms with Gasteiger partial charge in [0.1, 0.15) is 5.82 Å². The number of nitrogen functional groups attached to an aromatic ring is 2. The molecule has 1 heterocycles. The summed E-state index contributed by atoms with van der Waals surface area (Å²) in [6.45, 7) is 0. The Balaban J connectivity index is 2.95. The molecule has 0 saturated carbocycles. The first-order valence-corrected chi connectivity index (χ1v) is 3.76. The van der Waals surface area contributed by atoms with Gasteiger partial charge in [0.2, 0.25) is 5.95 Å². The molecule has 0 atom stereocenters. The monoisotopic (exact) mass is 196 g/mol. The Morgan fingerprint density at radius 1 is 1.07 bits per heavy atom. The summed E-state index contributed by atoms with van der Waals surface area (Å²) >= 11 is 0. The molecule has 0 aliphatic carbocycles. The van der Waals surface area contributed by atoms with Crippen LogP contribution in [0, 0.1) is 11.6 Å². The molecular formula is C8H6F2N4. The standard InChI is InChI=1S/C8H6F2N4/c9-3-1-2-4-5(6(3)10)7(11)14-8(12)13-4/h1-2H,(H4,11,12,13,14). The number of anilines is 2. The van der Waals surface area contributed by atoms with E-state index in [1.54, 1.807) is 0 Å². The number of halogens is 2. The lowest BCUT2D eigenvalue weighted by molar-refractivity contribution is 0.517. The van der Waals surface area contributed by atoms with E-state index >= 15 is 0 Å². The smallest absolute Gasteiger partial charge is 0.222 e. The quantitative estimate of drug-likeness (QED) is 0.660. The van der Waals surface area contributed by atoms with E-state index in [1.165, 1.54) is 6.07 Å². The fourth-order valence-corrected chi connectivity index (χ4v) is 1.21. The second-order valence-electron chi connectivity index (χ2n) is 2.72. The van der Waals surface area contributed by atoms with Crippen LogP contribution >= 0.6 is 0 Å². The van der Waals surface area contributed by atoms with E-state index in [0.717, 1.165) is 6.07 Å². The third-order valence-electron chi connectivity index (χ3n) is 1.80. The van der Waals surface area contributed by atoms with Crippen LogP contribution in [0.2, 0.25) is 0 Å². The molecule has 6 heteroatoms. The van der Waals surface area contributed by atoms with Gasteiger partial charge in [-0.1, -0.05) is 0 Å². The fraction of sp³-hybridized carbons (Fsp3) is 0. The molecule has 0 radical (unpaired) electrons. The molecule has 0 unspecified atom stereocenters. The van der Waals surface area contributed by atoms with Gasteiger partial charge in [-0.2, -0.15) is 4.98 Å². The van der Waals surface area contributed by atoms with Crippen molar-refractivity contribution in [3.8, 4) is 0 Å². The molecular weight excluding hydrogens is 190 g/mol. The molecule has 0 amide bonds. The van der Waals surface area contributed by atoms with E-state index in [0.29, 0.717) is 0 Å². The summed E-state index contributed by atoms with van der Waals surface area (Å²) in [6.07, 6.45) is 0. The van der Waals surface area contributed by atoms with E-state index in [1.807, 2.05) is 0 Å². The van der Waals surface area contributed by atoms with Gasteiger partial charge in [0.15, 0.2) is 11.6 Å². The highest BCUT2D eigenvalue weighted by atomic mass is 19.2. The fourth-order valence-electron chi connectivity index (χ4n) is 1.21. The van der Waals surface area contributed by atoms with Crippen molar-refractivity contribution in [1.29, 1.82) is 0 Å². The highest BCUT2D eigenvalue weighted by molar-refractivity contribution is 5.89. The van der Waals surface area contributed by atoms with Crippen LogP contribution in [0.1, 0.15) is 0 Å². The van der Waals surface area contributed by atoms with Crippen molar-refractivity contribution in [2.24, 2.45) is 0 Å². The zero-order chi connectivity index (χ0) is 10.3. The number of rotatable bonds is 0. The molecule has 4 N–H and O–H groups in total. The Kier molecular flexibility index (Phi) is 1.70. The van der Waals surface area contributed by atoms with Crippen LogP contribution in [0.15, 0.2) is 12.1 Å². The average Bonchev–Trinajstić information content (AvgIpc) is 2.10. The Morgan fingerprint density at radius 3 is 2.50 bits per heavy atom. The van der Waals surface area contributed by atoms with Crippen LogP contribution in [0.3, 0.4) is 0 Å². The third-order valence-corrected chi connectivity index (χ3v) is 1.80. The van der Waals surface area contributed by atoms with E-state index < -0.39 is 11.6 Å². The largest absolute Gasteiger partial charge is 0.383 e. The maximum absolute atomic E-state index is 13.2. The summed E-state index contributed by atoms with van der Waals surface area (Å²) in [5.41, 5.74) is 10.9. The molecule has 2 rings (SSSR count). The first-order valence-electron chi connectivity index (χ1n) is 3.76. The topological polar surface area (TPSA) is 77.8 Å². The van der Waals surface area contributed by atoms with Gasteiger partial charge in [0.25, 0.3) is 0 Å². The van der Waals surface area contributed by atoms with Gasteiger partial charge in [-0.3, -0.25) is 0 Å². The first-order chi connectivity index (χ1) is 6.59. The van der Waals surface area contributed by atoms with Gasteiger partial charge < -0.3 is 11.5 Å². The summed E-state index contributed by atoms with van der Waals surface area (Å²) in [5, 5.41) is -0.140. The summed E-state index contributed by atoms with van der Waals surface area (Å²) in [6, 6.07) is 2.26. The van der Waals surface area contributed by atoms with Crippen molar-refractivity contribution in [2.75, 3.05) is 11.5 Å². The summed E-state index contributed by atoms with van der Waals surface area (Å²) in [4.78, 5) is 7.26. The van der Waals surface area contributed by atoms with Gasteiger partial charge in [0, 0.05) is 0 Å². The number of nitrogens with two attached hydrogens (primary N) is 2. The van der Waals surface area contributed by atoms with Crippen LogP contribution in [0.4, 0.5) is 20.5 Å². The van der Waals surface area contributed by atoms with E-state index in [9.17, 15) is 8.78 Å². The Bertz CT molecular complexity index is 512. The lowest BCUT2D eigenvalue weighted by Crippen LogP contribution is -2.02. The number of hydrogen-bond donors (Lipinski definition) is 2. The molecule has 1 aromatic carbocycles. The number of nitrogens with zero attached hydrogens (tertiary/aromatic N) is 2. The minimum absolute atomic E-state index is 0.0685. The van der Waals surface area contributed by atoms with Crippen LogP contribution in [-0.4, -0.2) is 9.97 Å². The number of fused-ring (bicyclic) bond motifs is 1. The second-order valence-corrected chi connectivity index (χ2v) is 2.72. The van der Waals surface area contributed by atoms with Crippen molar-refractivity contribution < 1.29 is 8.78 Å². The lowest BCUT2D eigenvalue weighted by atomic mass is 10.2. The predicted octanol–water partition coefficient (Wildman–Crippen LogP) is 1.07. The average molecular weight is 196 g/mol. The summed E-state index contributed by atoms with van der Waals surface area (Å²) < 4.78 is 26.0. The third kappa shape index (κ3) is 1.12. The van der Waals surface area contributed by atoms with Gasteiger partial charge in [-0.25, -0.2) is 13.8 Å². The Morgan fingerprint density at radius 2 is 1.79 bits per heavy atom. The van der Waals surface area contributed by atoms with Crippen molar-refractivity contribution >= 4 is 22.7 Å². The zero-order valence-corrected chi connectivity index (χ0v) is 6.96. The molecule has 0 spiro atoms. The van der Waals surface area contributed by atoms with Gasteiger partial charge in [-0.15, -0.1) is 0 Å². The van der Waals surface area contributed by atoms with Crippen molar-refractivity contribution in [2.45, 2.75) is 0 Å². The highest BCUT2D eigenvalue weighted by Crippen LogP contribution is 2.23. The maximum atomic E-state index is 13.2. The molecule has 0 aliphatic heterocycles. The highest BCUT2D eigenvalue weighted by Gasteiger charge is 2.12. The Labute approximate surface area is 77.6 Å². The summed E-state index contributed by atoms with van der Waals surface area (Å²) in [7, 11) is 0. The Hall–Kier alpha value is -1.98. The zero-order valence-electron chi connectivity index (χ0n) is 6.96. The minimum Gasteiger partial charge on any atom is -0.383 e. The van der Waals surface area contributed by atoms with Crippen molar-refractivity contribution in [3.05, 3.63) is 23.8 Å². The SMILES string of the molecule is Nc1nc(N)c2c(F)c(F)ccc2n1. The number of aromatic nitrogens is 2. The number of hydrogen-bond acceptors (Lipinski definition) is 4. The van der Waals surface area contributed by atoms with Crippen LogP contribution in [-0.2, 0) is 0 Å². The van der Waals surface area contributed by atoms with Gasteiger partial charge in [-0.05, 0) is 12.1 Å². The molecule has 4 nitrogen and oxygen atoms in total. The molecule has 0 fully saturated rings. The number of benzene rings is 1. The van der Waals surface area contributed by atoms with Gasteiger partial charge in [0.05, 0.1) is 10.9 Å². The molecule has 1 aromatic heterocycles. The summed E-state index contributed by atoms with van der Waals surface area (Å²) in [5.74, 6) is -2.27. The van der Waals surface area contributed by atoms with Crippen molar-refractivity contribution in [3.63, 3.8) is 0 Å². The molecule has 14 heavy (non-hydrogen) atoms. The molecule has 2 aromatic rings. The normalized spacial score (nSPS) is 10.7. The van der Waals surface area contributed by atoms with Crippen LogP contribution in [0.25, 0.3) is 10.9 Å². The van der Waals surface area contributed by atoms with E-state index in [2.05, 4.69) is 9.97 Å². The van der Waals surface area contributed by atoms with Gasteiger partial charge >= 0.3 is 0 Å². The van der Waals surface area contributed by atoms with Crippen LogP contribution < -0.4 is 11.5 Å². The molecule has 0 saturated heterocycles. The molecule has 0 bridgehead atoms. The second kappa shape index (κ2) is 2.76. The molecule has 72 valence electrons. The predicted molar refractivity (Wildman–Crippen MR) is 48.3 cm³/mol. The lowest BCUT2D eigenvalue weighted by Gasteiger charge is -2.03. The van der Waals surface area contributed by atoms with E-state index in [4.69, 9.17) is 11.5 Å². The van der Waals surface area contributed by atoms with Crippen molar-refractivity contribution in [1.82, 2.24) is 9.97 Å².